The number of nitrogens with zero attached hydrogens (tertiary/aromatic N) is 1. The van der Waals surface area contributed by atoms with Crippen molar-refractivity contribution in [2.45, 2.75) is 43.7 Å². The Morgan fingerprint density at radius 2 is 2.09 bits per heavy atom. The summed E-state index contributed by atoms with van der Waals surface area (Å²) in [7, 11) is 0. The molecule has 1 aromatic rings. The van der Waals surface area contributed by atoms with Crippen LogP contribution in [-0.4, -0.2) is 41.7 Å². The summed E-state index contributed by atoms with van der Waals surface area (Å²) in [6.45, 7) is 4.50. The molecule has 0 bridgehead atoms. The summed E-state index contributed by atoms with van der Waals surface area (Å²) in [6, 6.07) is 7.77. The van der Waals surface area contributed by atoms with Crippen molar-refractivity contribution in [3.8, 4) is 0 Å². The van der Waals surface area contributed by atoms with E-state index in [1.54, 1.807) is 16.7 Å². The van der Waals surface area contributed by atoms with E-state index in [1.165, 1.54) is 0 Å². The normalized spacial score (nSPS) is 17.5. The molecule has 5 nitrogen and oxygen atoms in total. The molecule has 0 aliphatic carbocycles. The molecule has 0 radical (unpaired) electrons. The number of amides is 3. The van der Waals surface area contributed by atoms with Gasteiger partial charge in [0.2, 0.25) is 5.91 Å². The number of carbonyl (C=O) groups is 2. The van der Waals surface area contributed by atoms with Gasteiger partial charge in [0.15, 0.2) is 0 Å². The predicted molar refractivity (Wildman–Crippen MR) is 90.2 cm³/mol. The molecule has 1 aromatic carbocycles. The zero-order chi connectivity index (χ0) is 16.1. The van der Waals surface area contributed by atoms with Crippen LogP contribution in [0.15, 0.2) is 29.2 Å². The summed E-state index contributed by atoms with van der Waals surface area (Å²) in [6.07, 6.45) is 3.36. The van der Waals surface area contributed by atoms with Crippen LogP contribution in [0.2, 0.25) is 0 Å². The lowest BCUT2D eigenvalue weighted by Gasteiger charge is -2.29. The first kappa shape index (κ1) is 16.7. The minimum Gasteiger partial charge on any atom is -0.352 e. The molecule has 0 saturated carbocycles. The van der Waals surface area contributed by atoms with Crippen LogP contribution >= 0.6 is 11.8 Å². The second kappa shape index (κ2) is 7.54. The molecule has 120 valence electrons. The first-order chi connectivity index (χ1) is 10.5. The van der Waals surface area contributed by atoms with E-state index in [1.807, 2.05) is 44.4 Å². The van der Waals surface area contributed by atoms with Gasteiger partial charge in [-0.1, -0.05) is 0 Å². The van der Waals surface area contributed by atoms with Gasteiger partial charge in [-0.2, -0.15) is 0 Å². The van der Waals surface area contributed by atoms with Crippen LogP contribution in [-0.2, 0) is 4.79 Å². The maximum atomic E-state index is 12.5. The quantitative estimate of drug-likeness (QED) is 0.820. The van der Waals surface area contributed by atoms with Crippen LogP contribution < -0.4 is 10.6 Å². The van der Waals surface area contributed by atoms with Crippen molar-refractivity contribution in [2.75, 3.05) is 18.1 Å². The zero-order valence-corrected chi connectivity index (χ0v) is 14.1. The summed E-state index contributed by atoms with van der Waals surface area (Å²) < 4.78 is 0. The van der Waals surface area contributed by atoms with Crippen molar-refractivity contribution in [2.24, 2.45) is 0 Å². The van der Waals surface area contributed by atoms with E-state index in [2.05, 4.69) is 10.6 Å². The first-order valence-electron chi connectivity index (χ1n) is 7.50. The average molecular weight is 321 g/mol. The smallest absolute Gasteiger partial charge is 0.322 e. The van der Waals surface area contributed by atoms with E-state index < -0.39 is 0 Å². The Balaban J connectivity index is 1.97. The molecule has 2 N–H and O–H groups in total. The largest absolute Gasteiger partial charge is 0.352 e. The van der Waals surface area contributed by atoms with Crippen molar-refractivity contribution in [1.82, 2.24) is 10.2 Å². The van der Waals surface area contributed by atoms with Crippen molar-refractivity contribution in [3.05, 3.63) is 24.3 Å². The fraction of sp³-hybridized carbons (Fsp3) is 0.500. The number of benzene rings is 1. The Kier molecular flexibility index (Phi) is 5.71. The summed E-state index contributed by atoms with van der Waals surface area (Å²) in [5.74, 6) is 0.0711. The summed E-state index contributed by atoms with van der Waals surface area (Å²) in [5, 5.41) is 5.83. The predicted octanol–water partition coefficient (Wildman–Crippen LogP) is 2.93. The third kappa shape index (κ3) is 4.40. The Morgan fingerprint density at radius 3 is 2.59 bits per heavy atom. The van der Waals surface area contributed by atoms with E-state index in [0.29, 0.717) is 13.0 Å². The summed E-state index contributed by atoms with van der Waals surface area (Å²) in [4.78, 5) is 26.7. The van der Waals surface area contributed by atoms with E-state index in [9.17, 15) is 9.59 Å². The van der Waals surface area contributed by atoms with Crippen molar-refractivity contribution in [1.29, 1.82) is 0 Å². The number of rotatable bonds is 5. The Labute approximate surface area is 135 Å². The molecule has 1 unspecified atom stereocenters. The van der Waals surface area contributed by atoms with Gasteiger partial charge in [0.25, 0.3) is 0 Å². The second-order valence-corrected chi connectivity index (χ2v) is 6.59. The first-order valence-corrected chi connectivity index (χ1v) is 8.73. The van der Waals surface area contributed by atoms with Gasteiger partial charge in [-0.25, -0.2) is 4.79 Å². The topological polar surface area (TPSA) is 61.4 Å². The Bertz CT molecular complexity index is 531. The highest BCUT2D eigenvalue weighted by atomic mass is 32.2. The van der Waals surface area contributed by atoms with Crippen LogP contribution in [0.25, 0.3) is 0 Å². The fourth-order valence-electron chi connectivity index (χ4n) is 2.45. The standard InChI is InChI=1S/C16H23N3O2S/c1-11(2)19(10-13-6-9-15(20)17-13)16(21)18-12-4-7-14(22-3)8-5-12/h4-5,7-8,11,13H,6,9-10H2,1-3H3,(H,17,20)(H,18,21). The maximum Gasteiger partial charge on any atom is 0.322 e. The van der Waals surface area contributed by atoms with Crippen LogP contribution in [0.4, 0.5) is 10.5 Å². The van der Waals surface area contributed by atoms with E-state index >= 15 is 0 Å². The van der Waals surface area contributed by atoms with Gasteiger partial charge >= 0.3 is 6.03 Å². The van der Waals surface area contributed by atoms with Gasteiger partial charge in [-0.15, -0.1) is 11.8 Å². The molecule has 0 spiro atoms. The molecular weight excluding hydrogens is 298 g/mol. The van der Waals surface area contributed by atoms with Gasteiger partial charge in [-0.3, -0.25) is 4.79 Å². The highest BCUT2D eigenvalue weighted by Crippen LogP contribution is 2.18. The molecule has 22 heavy (non-hydrogen) atoms. The Hall–Kier alpha value is -1.69. The number of hydrogen-bond donors (Lipinski definition) is 2. The summed E-state index contributed by atoms with van der Waals surface area (Å²) in [5.41, 5.74) is 0.781. The lowest BCUT2D eigenvalue weighted by atomic mass is 10.2. The molecule has 1 aliphatic heterocycles. The number of hydrogen-bond acceptors (Lipinski definition) is 3. The van der Waals surface area contributed by atoms with E-state index in [0.717, 1.165) is 17.0 Å². The minimum atomic E-state index is -0.131. The van der Waals surface area contributed by atoms with Crippen molar-refractivity contribution >= 4 is 29.4 Å². The molecular formula is C16H23N3O2S. The highest BCUT2D eigenvalue weighted by Gasteiger charge is 2.26. The molecule has 0 aromatic heterocycles. The van der Waals surface area contributed by atoms with Gasteiger partial charge in [0.05, 0.1) is 0 Å². The van der Waals surface area contributed by atoms with Gasteiger partial charge in [-0.05, 0) is 50.8 Å². The van der Waals surface area contributed by atoms with Gasteiger partial charge in [0.1, 0.15) is 0 Å². The van der Waals surface area contributed by atoms with Crippen molar-refractivity contribution in [3.63, 3.8) is 0 Å². The fourth-order valence-corrected chi connectivity index (χ4v) is 2.86. The molecule has 3 amide bonds. The number of urea groups is 1. The lowest BCUT2D eigenvalue weighted by Crippen LogP contribution is -2.47. The maximum absolute atomic E-state index is 12.5. The SMILES string of the molecule is CSc1ccc(NC(=O)N(CC2CCC(=O)N2)C(C)C)cc1. The molecule has 1 aliphatic rings. The van der Waals surface area contributed by atoms with Crippen LogP contribution in [0.3, 0.4) is 0 Å². The Morgan fingerprint density at radius 1 is 1.41 bits per heavy atom. The third-order valence-corrected chi connectivity index (χ3v) is 4.47. The molecule has 1 atom stereocenters. The summed E-state index contributed by atoms with van der Waals surface area (Å²) >= 11 is 1.67. The monoisotopic (exact) mass is 321 g/mol. The number of anilines is 1. The van der Waals surface area contributed by atoms with Crippen LogP contribution in [0.1, 0.15) is 26.7 Å². The minimum absolute atomic E-state index is 0.0551. The van der Waals surface area contributed by atoms with Crippen LogP contribution in [0.5, 0.6) is 0 Å². The third-order valence-electron chi connectivity index (χ3n) is 3.73. The van der Waals surface area contributed by atoms with Gasteiger partial charge < -0.3 is 15.5 Å². The second-order valence-electron chi connectivity index (χ2n) is 5.71. The van der Waals surface area contributed by atoms with Gasteiger partial charge in [0, 0.05) is 35.6 Å². The zero-order valence-electron chi connectivity index (χ0n) is 13.3. The van der Waals surface area contributed by atoms with E-state index in [4.69, 9.17) is 0 Å². The molecule has 1 saturated heterocycles. The number of carbonyl (C=O) groups excluding carboxylic acids is 2. The molecule has 6 heteroatoms. The highest BCUT2D eigenvalue weighted by molar-refractivity contribution is 7.98. The number of thioether (sulfide) groups is 1. The average Bonchev–Trinajstić information content (AvgIpc) is 2.90. The van der Waals surface area contributed by atoms with Crippen molar-refractivity contribution < 1.29 is 9.59 Å². The molecule has 1 fully saturated rings. The van der Waals surface area contributed by atoms with Crippen LogP contribution in [0, 0.1) is 0 Å². The molecule has 1 heterocycles. The number of nitrogens with one attached hydrogen (secondary N) is 2. The molecule has 2 rings (SSSR count). The van der Waals surface area contributed by atoms with E-state index in [-0.39, 0.29) is 24.0 Å². The lowest BCUT2D eigenvalue weighted by molar-refractivity contribution is -0.119.